The maximum absolute atomic E-state index is 5.14. The zero-order valence-electron chi connectivity index (χ0n) is 21.6. The van der Waals surface area contributed by atoms with Crippen molar-refractivity contribution in [2.75, 3.05) is 16.8 Å². The van der Waals surface area contributed by atoms with E-state index in [0.717, 1.165) is 28.1 Å². The summed E-state index contributed by atoms with van der Waals surface area (Å²) in [7, 11) is 2.22. The van der Waals surface area contributed by atoms with Crippen LogP contribution in [0, 0.1) is 0 Å². The number of aromatic nitrogens is 1. The Morgan fingerprint density at radius 3 is 2.21 bits per heavy atom. The molecule has 1 atom stereocenters. The van der Waals surface area contributed by atoms with E-state index in [4.69, 9.17) is 4.98 Å². The molecule has 0 aliphatic carbocycles. The third-order valence-electron chi connectivity index (χ3n) is 8.00. The molecule has 0 fully saturated rings. The molecule has 4 aromatic carbocycles. The van der Waals surface area contributed by atoms with Crippen molar-refractivity contribution in [2.24, 2.45) is 0 Å². The van der Waals surface area contributed by atoms with Crippen LogP contribution in [-0.2, 0) is 0 Å². The Morgan fingerprint density at radius 1 is 0.667 bits per heavy atom. The lowest BCUT2D eigenvalue weighted by Crippen LogP contribution is -2.35. The second-order valence-corrected chi connectivity index (χ2v) is 10.2. The Hall–Kier alpha value is -5.09. The molecule has 0 N–H and O–H groups in total. The minimum atomic E-state index is 0.148. The lowest BCUT2D eigenvalue weighted by atomic mass is 9.92. The monoisotopic (exact) mass is 502 g/mol. The predicted molar refractivity (Wildman–Crippen MR) is 161 cm³/mol. The fourth-order valence-corrected chi connectivity index (χ4v) is 6.21. The Balaban J connectivity index is 1.38. The molecule has 4 nitrogen and oxygen atoms in total. The molecule has 186 valence electrons. The highest BCUT2D eigenvalue weighted by atomic mass is 15.3. The number of fused-ring (bicyclic) bond motifs is 6. The minimum absolute atomic E-state index is 0.148. The summed E-state index contributed by atoms with van der Waals surface area (Å²) < 4.78 is 0. The first kappa shape index (κ1) is 21.9. The number of anilines is 4. The van der Waals surface area contributed by atoms with Crippen LogP contribution in [0.3, 0.4) is 0 Å². The molecule has 1 aromatic heterocycles. The van der Waals surface area contributed by atoms with Crippen molar-refractivity contribution >= 4 is 45.1 Å². The first-order valence-electron chi connectivity index (χ1n) is 13.3. The summed E-state index contributed by atoms with van der Waals surface area (Å²) in [6.07, 6.45) is 6.89. The van der Waals surface area contributed by atoms with E-state index in [1.54, 1.807) is 0 Å². The zero-order chi connectivity index (χ0) is 25.9. The highest BCUT2D eigenvalue weighted by molar-refractivity contribution is 6.07. The number of pyridine rings is 1. The molecule has 3 aliphatic heterocycles. The van der Waals surface area contributed by atoms with Crippen molar-refractivity contribution in [3.63, 3.8) is 0 Å². The smallest absolute Gasteiger partial charge is 0.138 e. The molecule has 5 aromatic rings. The number of allylic oxidation sites excluding steroid dienone is 2. The molecule has 0 radical (unpaired) electrons. The van der Waals surface area contributed by atoms with Crippen LogP contribution in [0.15, 0.2) is 139 Å². The second-order valence-electron chi connectivity index (χ2n) is 10.2. The number of rotatable bonds is 2. The lowest BCUT2D eigenvalue weighted by Gasteiger charge is -2.37. The summed E-state index contributed by atoms with van der Waals surface area (Å²) in [4.78, 5) is 12.2. The molecule has 0 spiro atoms. The number of likely N-dealkylation sites (N-methyl/N-ethyl adjacent to an activating group) is 1. The zero-order valence-corrected chi connectivity index (χ0v) is 21.6. The topological polar surface area (TPSA) is 22.6 Å². The van der Waals surface area contributed by atoms with Gasteiger partial charge in [0.2, 0.25) is 0 Å². The normalized spacial score (nSPS) is 17.4. The Kier molecular flexibility index (Phi) is 4.76. The van der Waals surface area contributed by atoms with Crippen molar-refractivity contribution in [1.82, 2.24) is 9.88 Å². The fraction of sp³-hybridized carbons (Fsp3) is 0.0571. The SMILES string of the molecule is CN1C2=C(C=C3C1C=CN3c1ccccc1)c1ccccc1N(c1ccc3ccccc3n1)c1ccccc12. The number of nitrogens with zero attached hydrogens (tertiary/aromatic N) is 4. The van der Waals surface area contributed by atoms with Gasteiger partial charge in [-0.25, -0.2) is 4.98 Å². The van der Waals surface area contributed by atoms with Gasteiger partial charge in [0.25, 0.3) is 0 Å². The van der Waals surface area contributed by atoms with E-state index in [2.05, 4.69) is 155 Å². The lowest BCUT2D eigenvalue weighted by molar-refractivity contribution is 0.447. The van der Waals surface area contributed by atoms with Crippen LogP contribution < -0.4 is 9.80 Å². The summed E-state index contributed by atoms with van der Waals surface area (Å²) >= 11 is 0. The summed E-state index contributed by atoms with van der Waals surface area (Å²) in [5, 5.41) is 1.14. The number of para-hydroxylation sites is 4. The Labute approximate surface area is 228 Å². The van der Waals surface area contributed by atoms with Gasteiger partial charge in [-0.3, -0.25) is 4.90 Å². The Morgan fingerprint density at radius 2 is 1.36 bits per heavy atom. The molecule has 0 bridgehead atoms. The van der Waals surface area contributed by atoms with Crippen LogP contribution in [0.1, 0.15) is 11.1 Å². The predicted octanol–water partition coefficient (Wildman–Crippen LogP) is 8.12. The van der Waals surface area contributed by atoms with Crippen molar-refractivity contribution in [1.29, 1.82) is 0 Å². The first-order valence-corrected chi connectivity index (χ1v) is 13.3. The van der Waals surface area contributed by atoms with E-state index in [1.807, 2.05) is 0 Å². The second kappa shape index (κ2) is 8.47. The quantitative estimate of drug-likeness (QED) is 0.243. The summed E-state index contributed by atoms with van der Waals surface area (Å²) in [6, 6.07) is 40.8. The third kappa shape index (κ3) is 3.28. The minimum Gasteiger partial charge on any atom is -0.361 e. The van der Waals surface area contributed by atoms with Gasteiger partial charge in [-0.05, 0) is 54.6 Å². The number of hydrogen-bond acceptors (Lipinski definition) is 4. The molecule has 0 saturated carbocycles. The van der Waals surface area contributed by atoms with Gasteiger partial charge in [-0.2, -0.15) is 0 Å². The van der Waals surface area contributed by atoms with Crippen molar-refractivity contribution in [2.45, 2.75) is 6.04 Å². The Bertz CT molecular complexity index is 1850. The van der Waals surface area contributed by atoms with Crippen LogP contribution in [0.2, 0.25) is 0 Å². The molecule has 1 unspecified atom stereocenters. The largest absolute Gasteiger partial charge is 0.361 e. The standard InChI is InChI=1S/C35H26N4/c1-37-32-21-22-38(25-12-3-2-4-13-25)33(32)23-28-26-14-6-9-17-30(26)39(31-18-10-7-15-27(31)35(28)37)34-20-19-24-11-5-8-16-29(24)36-34/h2-23,32H,1H3. The summed E-state index contributed by atoms with van der Waals surface area (Å²) in [6.45, 7) is 0. The van der Waals surface area contributed by atoms with Gasteiger partial charge in [-0.1, -0.05) is 72.8 Å². The van der Waals surface area contributed by atoms with Gasteiger partial charge in [-0.15, -0.1) is 0 Å². The van der Waals surface area contributed by atoms with Crippen molar-refractivity contribution in [3.05, 3.63) is 150 Å². The average Bonchev–Trinajstić information content (AvgIpc) is 3.38. The van der Waals surface area contributed by atoms with E-state index < -0.39 is 0 Å². The molecule has 4 heterocycles. The maximum atomic E-state index is 5.14. The number of hydrogen-bond donors (Lipinski definition) is 0. The van der Waals surface area contributed by atoms with Crippen LogP contribution in [0.4, 0.5) is 22.9 Å². The van der Waals surface area contributed by atoms with E-state index in [0.29, 0.717) is 0 Å². The van der Waals surface area contributed by atoms with Crippen LogP contribution >= 0.6 is 0 Å². The molecule has 39 heavy (non-hydrogen) atoms. The first-order chi connectivity index (χ1) is 19.3. The van der Waals surface area contributed by atoms with Gasteiger partial charge in [0, 0.05) is 46.7 Å². The van der Waals surface area contributed by atoms with E-state index >= 15 is 0 Å². The van der Waals surface area contributed by atoms with Crippen LogP contribution in [0.25, 0.3) is 22.2 Å². The van der Waals surface area contributed by atoms with Crippen molar-refractivity contribution < 1.29 is 0 Å². The van der Waals surface area contributed by atoms with Crippen molar-refractivity contribution in [3.8, 4) is 0 Å². The molecule has 0 saturated heterocycles. The highest BCUT2D eigenvalue weighted by Crippen LogP contribution is 2.51. The van der Waals surface area contributed by atoms with E-state index in [1.165, 1.54) is 33.8 Å². The molecule has 0 amide bonds. The molecular weight excluding hydrogens is 476 g/mol. The number of benzene rings is 4. The molecule has 3 aliphatic rings. The average molecular weight is 503 g/mol. The molecular formula is C35H26N4. The molecule has 4 heteroatoms. The molecule has 8 rings (SSSR count). The van der Waals surface area contributed by atoms with E-state index in [9.17, 15) is 0 Å². The van der Waals surface area contributed by atoms with Gasteiger partial charge in [0.15, 0.2) is 0 Å². The van der Waals surface area contributed by atoms with Gasteiger partial charge in [0.05, 0.1) is 28.6 Å². The maximum Gasteiger partial charge on any atom is 0.138 e. The summed E-state index contributed by atoms with van der Waals surface area (Å²) in [5.74, 6) is 0.912. The van der Waals surface area contributed by atoms with Gasteiger partial charge < -0.3 is 9.80 Å². The van der Waals surface area contributed by atoms with Crippen LogP contribution in [0.5, 0.6) is 0 Å². The van der Waals surface area contributed by atoms with Gasteiger partial charge in [0.1, 0.15) is 5.82 Å². The summed E-state index contributed by atoms with van der Waals surface area (Å²) in [5.41, 5.74) is 10.5. The van der Waals surface area contributed by atoms with Crippen LogP contribution in [-0.4, -0.2) is 23.0 Å². The third-order valence-corrected chi connectivity index (χ3v) is 8.00. The van der Waals surface area contributed by atoms with Gasteiger partial charge >= 0.3 is 0 Å². The van der Waals surface area contributed by atoms with E-state index in [-0.39, 0.29) is 6.04 Å². The fourth-order valence-electron chi connectivity index (χ4n) is 6.21. The highest BCUT2D eigenvalue weighted by Gasteiger charge is 2.37.